The van der Waals surface area contributed by atoms with E-state index in [4.69, 9.17) is 5.26 Å². The Hall–Kier alpha value is -1.33. The van der Waals surface area contributed by atoms with Crippen molar-refractivity contribution < 1.29 is 0 Å². The molecule has 0 radical (unpaired) electrons. The van der Waals surface area contributed by atoms with Gasteiger partial charge in [0.2, 0.25) is 0 Å². The van der Waals surface area contributed by atoms with Crippen LogP contribution < -0.4 is 0 Å². The van der Waals surface area contributed by atoms with Gasteiger partial charge in [0, 0.05) is 18.1 Å². The molecule has 0 fully saturated rings. The lowest BCUT2D eigenvalue weighted by Gasteiger charge is -2.36. The SMILES string of the molecule is CC(C)N(C(C)C)C(C)c1ccc(CC#N)cc1. The quantitative estimate of drug-likeness (QED) is 0.784. The molecule has 0 amide bonds. The average Bonchev–Trinajstić information content (AvgIpc) is 2.29. The zero-order chi connectivity index (χ0) is 13.7. The molecule has 0 aromatic heterocycles. The fourth-order valence-electron chi connectivity index (χ4n) is 2.67. The molecule has 0 bridgehead atoms. The van der Waals surface area contributed by atoms with Crippen molar-refractivity contribution in [2.75, 3.05) is 0 Å². The summed E-state index contributed by atoms with van der Waals surface area (Å²) in [5.41, 5.74) is 2.41. The first kappa shape index (κ1) is 14.7. The van der Waals surface area contributed by atoms with Crippen molar-refractivity contribution in [3.8, 4) is 6.07 Å². The van der Waals surface area contributed by atoms with Crippen LogP contribution in [0.4, 0.5) is 0 Å². The summed E-state index contributed by atoms with van der Waals surface area (Å²) >= 11 is 0. The monoisotopic (exact) mass is 244 g/mol. The minimum atomic E-state index is 0.404. The summed E-state index contributed by atoms with van der Waals surface area (Å²) in [6, 6.07) is 12.1. The summed E-state index contributed by atoms with van der Waals surface area (Å²) in [5, 5.41) is 8.67. The summed E-state index contributed by atoms with van der Waals surface area (Å²) in [5.74, 6) is 0. The van der Waals surface area contributed by atoms with Gasteiger partial charge in [0.15, 0.2) is 0 Å². The topological polar surface area (TPSA) is 27.0 Å². The number of nitrogens with zero attached hydrogens (tertiary/aromatic N) is 2. The molecule has 0 heterocycles. The first-order valence-electron chi connectivity index (χ1n) is 6.70. The molecule has 1 atom stereocenters. The number of hydrogen-bond acceptors (Lipinski definition) is 2. The van der Waals surface area contributed by atoms with E-state index in [1.165, 1.54) is 5.56 Å². The van der Waals surface area contributed by atoms with Gasteiger partial charge in [0.25, 0.3) is 0 Å². The molecule has 0 aliphatic rings. The molecular weight excluding hydrogens is 220 g/mol. The van der Waals surface area contributed by atoms with Crippen molar-refractivity contribution >= 4 is 0 Å². The van der Waals surface area contributed by atoms with E-state index < -0.39 is 0 Å². The van der Waals surface area contributed by atoms with Gasteiger partial charge in [0.1, 0.15) is 0 Å². The number of nitriles is 1. The molecule has 0 N–H and O–H groups in total. The maximum atomic E-state index is 8.67. The average molecular weight is 244 g/mol. The third-order valence-electron chi connectivity index (χ3n) is 3.39. The molecule has 1 rings (SSSR count). The van der Waals surface area contributed by atoms with E-state index in [0.29, 0.717) is 24.5 Å². The molecule has 0 aliphatic heterocycles. The summed E-state index contributed by atoms with van der Waals surface area (Å²) in [6.07, 6.45) is 0.493. The van der Waals surface area contributed by atoms with Crippen LogP contribution in [0.25, 0.3) is 0 Å². The molecule has 1 aromatic rings. The summed E-state index contributed by atoms with van der Waals surface area (Å²) < 4.78 is 0. The standard InChI is InChI=1S/C16H24N2/c1-12(2)18(13(3)4)14(5)16-8-6-15(7-9-16)10-11-17/h6-9,12-14H,10H2,1-5H3. The highest BCUT2D eigenvalue weighted by atomic mass is 15.2. The lowest BCUT2D eigenvalue weighted by molar-refractivity contribution is 0.123. The second kappa shape index (κ2) is 6.56. The van der Waals surface area contributed by atoms with E-state index in [-0.39, 0.29) is 0 Å². The van der Waals surface area contributed by atoms with Crippen LogP contribution in [-0.4, -0.2) is 17.0 Å². The Labute approximate surface area is 111 Å². The first-order valence-corrected chi connectivity index (χ1v) is 6.70. The minimum absolute atomic E-state index is 0.404. The zero-order valence-corrected chi connectivity index (χ0v) is 12.1. The summed E-state index contributed by atoms with van der Waals surface area (Å²) in [6.45, 7) is 11.2. The van der Waals surface area contributed by atoms with Crippen molar-refractivity contribution in [2.45, 2.75) is 59.2 Å². The van der Waals surface area contributed by atoms with Crippen LogP contribution in [0.1, 0.15) is 51.8 Å². The van der Waals surface area contributed by atoms with Gasteiger partial charge in [-0.05, 0) is 45.7 Å². The highest BCUT2D eigenvalue weighted by Crippen LogP contribution is 2.25. The zero-order valence-electron chi connectivity index (χ0n) is 12.1. The van der Waals surface area contributed by atoms with Gasteiger partial charge < -0.3 is 0 Å². The van der Waals surface area contributed by atoms with E-state index in [1.54, 1.807) is 0 Å². The van der Waals surface area contributed by atoms with Gasteiger partial charge >= 0.3 is 0 Å². The molecule has 0 saturated carbocycles. The van der Waals surface area contributed by atoms with Gasteiger partial charge in [0.05, 0.1) is 12.5 Å². The van der Waals surface area contributed by atoms with Crippen LogP contribution in [0.2, 0.25) is 0 Å². The molecule has 1 aromatic carbocycles. The fraction of sp³-hybridized carbons (Fsp3) is 0.562. The van der Waals surface area contributed by atoms with Gasteiger partial charge in [-0.25, -0.2) is 0 Å². The predicted octanol–water partition coefficient (Wildman–Crippen LogP) is 3.93. The Morgan fingerprint density at radius 1 is 1.00 bits per heavy atom. The van der Waals surface area contributed by atoms with E-state index in [1.807, 2.05) is 0 Å². The molecule has 18 heavy (non-hydrogen) atoms. The maximum absolute atomic E-state index is 8.67. The second-order valence-corrected chi connectivity index (χ2v) is 5.39. The molecule has 2 heteroatoms. The Morgan fingerprint density at radius 2 is 1.50 bits per heavy atom. The Bertz CT molecular complexity index is 390. The minimum Gasteiger partial charge on any atom is -0.292 e. The molecule has 0 saturated heterocycles. The lowest BCUT2D eigenvalue weighted by Crippen LogP contribution is -2.39. The van der Waals surface area contributed by atoms with E-state index in [9.17, 15) is 0 Å². The van der Waals surface area contributed by atoms with Gasteiger partial charge in [-0.1, -0.05) is 24.3 Å². The van der Waals surface area contributed by atoms with Crippen LogP contribution in [-0.2, 0) is 6.42 Å². The Balaban J connectivity index is 2.88. The highest BCUT2D eigenvalue weighted by molar-refractivity contribution is 5.26. The fourth-order valence-corrected chi connectivity index (χ4v) is 2.67. The smallest absolute Gasteiger partial charge is 0.0669 e. The lowest BCUT2D eigenvalue weighted by atomic mass is 10.0. The van der Waals surface area contributed by atoms with E-state index in [0.717, 1.165) is 5.56 Å². The van der Waals surface area contributed by atoms with Crippen LogP contribution >= 0.6 is 0 Å². The van der Waals surface area contributed by atoms with Crippen LogP contribution in [0.15, 0.2) is 24.3 Å². The van der Waals surface area contributed by atoms with Crippen molar-refractivity contribution in [1.82, 2.24) is 4.90 Å². The number of rotatable bonds is 5. The van der Waals surface area contributed by atoms with E-state index in [2.05, 4.69) is 69.9 Å². The van der Waals surface area contributed by atoms with Crippen molar-refractivity contribution in [2.24, 2.45) is 0 Å². The Kier molecular flexibility index (Phi) is 5.37. The third-order valence-corrected chi connectivity index (χ3v) is 3.39. The first-order chi connectivity index (χ1) is 8.47. The van der Waals surface area contributed by atoms with Crippen molar-refractivity contribution in [1.29, 1.82) is 5.26 Å². The van der Waals surface area contributed by atoms with Crippen LogP contribution in [0.5, 0.6) is 0 Å². The van der Waals surface area contributed by atoms with E-state index >= 15 is 0 Å². The molecular formula is C16H24N2. The van der Waals surface area contributed by atoms with Gasteiger partial charge in [-0.2, -0.15) is 5.26 Å². The van der Waals surface area contributed by atoms with Crippen LogP contribution in [0, 0.1) is 11.3 Å². The summed E-state index contributed by atoms with van der Waals surface area (Å²) in [4.78, 5) is 2.50. The maximum Gasteiger partial charge on any atom is 0.0669 e. The Morgan fingerprint density at radius 3 is 1.89 bits per heavy atom. The van der Waals surface area contributed by atoms with Gasteiger partial charge in [-0.3, -0.25) is 4.90 Å². The molecule has 98 valence electrons. The predicted molar refractivity (Wildman–Crippen MR) is 76.3 cm³/mol. The molecule has 0 aliphatic carbocycles. The summed E-state index contributed by atoms with van der Waals surface area (Å²) in [7, 11) is 0. The highest BCUT2D eigenvalue weighted by Gasteiger charge is 2.21. The second-order valence-electron chi connectivity index (χ2n) is 5.39. The van der Waals surface area contributed by atoms with Crippen molar-refractivity contribution in [3.63, 3.8) is 0 Å². The van der Waals surface area contributed by atoms with Crippen molar-refractivity contribution in [3.05, 3.63) is 35.4 Å². The normalized spacial score (nSPS) is 13.1. The largest absolute Gasteiger partial charge is 0.292 e. The number of hydrogen-bond donors (Lipinski definition) is 0. The van der Waals surface area contributed by atoms with Gasteiger partial charge in [-0.15, -0.1) is 0 Å². The molecule has 2 nitrogen and oxygen atoms in total. The van der Waals surface area contributed by atoms with Crippen LogP contribution in [0.3, 0.4) is 0 Å². The molecule has 1 unspecified atom stereocenters. The molecule has 0 spiro atoms. The third kappa shape index (κ3) is 3.58. The number of benzene rings is 1.